The van der Waals surface area contributed by atoms with E-state index in [-0.39, 0.29) is 12.1 Å². The molecule has 4 rings (SSSR count). The van der Waals surface area contributed by atoms with Gasteiger partial charge in [0.1, 0.15) is 0 Å². The Morgan fingerprint density at radius 1 is 1.38 bits per heavy atom. The van der Waals surface area contributed by atoms with Gasteiger partial charge in [-0.3, -0.25) is 9.36 Å². The summed E-state index contributed by atoms with van der Waals surface area (Å²) in [5, 5.41) is 4.50. The first-order valence-corrected chi connectivity index (χ1v) is 7.47. The van der Waals surface area contributed by atoms with Crippen molar-refractivity contribution in [3.63, 3.8) is 0 Å². The van der Waals surface area contributed by atoms with E-state index in [4.69, 9.17) is 4.52 Å². The van der Waals surface area contributed by atoms with Gasteiger partial charge in [-0.25, -0.2) is 4.98 Å². The van der Waals surface area contributed by atoms with Crippen molar-refractivity contribution in [2.75, 3.05) is 0 Å². The average Bonchev–Trinajstić information content (AvgIpc) is 3.22. The number of nitrogens with zero attached hydrogens (tertiary/aromatic N) is 4. The molecule has 0 atom stereocenters. The zero-order valence-electron chi connectivity index (χ0n) is 11.0. The summed E-state index contributed by atoms with van der Waals surface area (Å²) in [6.45, 7) is 0.272. The number of benzene rings is 1. The highest BCUT2D eigenvalue weighted by molar-refractivity contribution is 9.10. The lowest BCUT2D eigenvalue weighted by Crippen LogP contribution is -2.21. The van der Waals surface area contributed by atoms with E-state index in [0.29, 0.717) is 28.5 Å². The third kappa shape index (κ3) is 2.37. The molecule has 7 heteroatoms. The maximum Gasteiger partial charge on any atom is 0.261 e. The highest BCUT2D eigenvalue weighted by Crippen LogP contribution is 2.38. The van der Waals surface area contributed by atoms with Crippen LogP contribution in [0.25, 0.3) is 10.9 Å². The Kier molecular flexibility index (Phi) is 2.88. The molecule has 0 bridgehead atoms. The van der Waals surface area contributed by atoms with E-state index < -0.39 is 0 Å². The molecule has 0 N–H and O–H groups in total. The van der Waals surface area contributed by atoms with E-state index in [2.05, 4.69) is 31.1 Å². The van der Waals surface area contributed by atoms with Gasteiger partial charge in [0.15, 0.2) is 5.82 Å². The maximum atomic E-state index is 12.4. The molecule has 3 aromatic rings. The minimum absolute atomic E-state index is 0.106. The Labute approximate surface area is 127 Å². The van der Waals surface area contributed by atoms with E-state index in [9.17, 15) is 4.79 Å². The van der Waals surface area contributed by atoms with Crippen molar-refractivity contribution in [1.29, 1.82) is 0 Å². The summed E-state index contributed by atoms with van der Waals surface area (Å²) >= 11 is 3.37. The number of rotatable bonds is 3. The summed E-state index contributed by atoms with van der Waals surface area (Å²) in [7, 11) is 0. The number of halogens is 1. The van der Waals surface area contributed by atoms with Crippen molar-refractivity contribution in [3.05, 3.63) is 51.1 Å². The van der Waals surface area contributed by atoms with Crippen LogP contribution in [0.2, 0.25) is 0 Å². The van der Waals surface area contributed by atoms with Gasteiger partial charge in [0.2, 0.25) is 5.89 Å². The predicted molar refractivity (Wildman–Crippen MR) is 79.1 cm³/mol. The van der Waals surface area contributed by atoms with Gasteiger partial charge in [-0.15, -0.1) is 0 Å². The zero-order valence-corrected chi connectivity index (χ0v) is 12.6. The van der Waals surface area contributed by atoms with Gasteiger partial charge in [-0.2, -0.15) is 4.98 Å². The van der Waals surface area contributed by atoms with Gasteiger partial charge in [0.05, 0.1) is 23.8 Å². The van der Waals surface area contributed by atoms with Gasteiger partial charge < -0.3 is 4.52 Å². The molecule has 2 heterocycles. The minimum atomic E-state index is -0.106. The fourth-order valence-electron chi connectivity index (χ4n) is 2.22. The smallest absolute Gasteiger partial charge is 0.261 e. The summed E-state index contributed by atoms with van der Waals surface area (Å²) in [6.07, 6.45) is 3.73. The molecule has 21 heavy (non-hydrogen) atoms. The number of fused-ring (bicyclic) bond motifs is 1. The predicted octanol–water partition coefficient (Wildman–Crippen LogP) is 2.47. The molecule has 1 saturated carbocycles. The Morgan fingerprint density at radius 2 is 2.24 bits per heavy atom. The summed E-state index contributed by atoms with van der Waals surface area (Å²) in [5.74, 6) is 1.60. The standard InChI is InChI=1S/C14H11BrN4O2/c15-9-3-4-10-11(5-9)16-7-19(14(10)20)6-12-17-13(21-18-12)8-1-2-8/h3-5,7-8H,1-2,6H2. The highest BCUT2D eigenvalue weighted by atomic mass is 79.9. The molecular formula is C14H11BrN4O2. The lowest BCUT2D eigenvalue weighted by Gasteiger charge is -2.03. The van der Waals surface area contributed by atoms with Crippen molar-refractivity contribution in [2.45, 2.75) is 25.3 Å². The van der Waals surface area contributed by atoms with Gasteiger partial charge in [-0.05, 0) is 31.0 Å². The van der Waals surface area contributed by atoms with Crippen molar-refractivity contribution < 1.29 is 4.52 Å². The minimum Gasteiger partial charge on any atom is -0.339 e. The van der Waals surface area contributed by atoms with E-state index in [0.717, 1.165) is 17.3 Å². The van der Waals surface area contributed by atoms with Crippen LogP contribution in [0.5, 0.6) is 0 Å². The molecule has 0 amide bonds. The molecule has 0 radical (unpaired) electrons. The van der Waals surface area contributed by atoms with Crippen LogP contribution in [0.1, 0.15) is 30.5 Å². The second-order valence-electron chi connectivity index (χ2n) is 5.16. The lowest BCUT2D eigenvalue weighted by molar-refractivity contribution is 0.373. The number of aromatic nitrogens is 4. The van der Waals surface area contributed by atoms with Gasteiger partial charge in [0.25, 0.3) is 5.56 Å². The van der Waals surface area contributed by atoms with Gasteiger partial charge in [0, 0.05) is 10.4 Å². The summed E-state index contributed by atoms with van der Waals surface area (Å²) in [4.78, 5) is 21.0. The van der Waals surface area contributed by atoms with Gasteiger partial charge >= 0.3 is 0 Å². The molecule has 2 aromatic heterocycles. The topological polar surface area (TPSA) is 73.8 Å². The molecule has 1 aliphatic rings. The SMILES string of the molecule is O=c1c2ccc(Br)cc2ncn1Cc1noc(C2CC2)n1. The normalized spacial score (nSPS) is 14.7. The molecule has 1 fully saturated rings. The number of hydrogen-bond donors (Lipinski definition) is 0. The molecule has 0 unspecified atom stereocenters. The summed E-state index contributed by atoms with van der Waals surface area (Å²) < 4.78 is 7.59. The Morgan fingerprint density at radius 3 is 3.05 bits per heavy atom. The molecule has 0 aliphatic heterocycles. The van der Waals surface area contributed by atoms with Crippen LogP contribution in [0.4, 0.5) is 0 Å². The quantitative estimate of drug-likeness (QED) is 0.728. The van der Waals surface area contributed by atoms with Crippen molar-refractivity contribution in [2.24, 2.45) is 0 Å². The summed E-state index contributed by atoms with van der Waals surface area (Å²) in [5.41, 5.74) is 0.558. The molecule has 0 spiro atoms. The lowest BCUT2D eigenvalue weighted by atomic mass is 10.2. The van der Waals surface area contributed by atoms with Crippen LogP contribution >= 0.6 is 15.9 Å². The Balaban J connectivity index is 1.70. The summed E-state index contributed by atoms with van der Waals surface area (Å²) in [6, 6.07) is 5.41. The average molecular weight is 347 g/mol. The van der Waals surface area contributed by atoms with E-state index in [1.807, 2.05) is 12.1 Å². The third-order valence-electron chi connectivity index (χ3n) is 3.51. The van der Waals surface area contributed by atoms with E-state index >= 15 is 0 Å². The molecule has 106 valence electrons. The molecular weight excluding hydrogens is 336 g/mol. The van der Waals surface area contributed by atoms with E-state index in [1.54, 1.807) is 6.07 Å². The van der Waals surface area contributed by atoms with Crippen molar-refractivity contribution in [1.82, 2.24) is 19.7 Å². The second kappa shape index (κ2) is 4.77. The molecule has 0 saturated heterocycles. The van der Waals surface area contributed by atoms with Crippen molar-refractivity contribution >= 4 is 26.8 Å². The fourth-order valence-corrected chi connectivity index (χ4v) is 2.57. The maximum absolute atomic E-state index is 12.4. The molecule has 1 aromatic carbocycles. The first kappa shape index (κ1) is 12.7. The first-order chi connectivity index (χ1) is 10.2. The fraction of sp³-hybridized carbons (Fsp3) is 0.286. The van der Waals surface area contributed by atoms with Crippen LogP contribution in [0, 0.1) is 0 Å². The van der Waals surface area contributed by atoms with Gasteiger partial charge in [-0.1, -0.05) is 21.1 Å². The van der Waals surface area contributed by atoms with Crippen LogP contribution in [-0.2, 0) is 6.54 Å². The largest absolute Gasteiger partial charge is 0.339 e. The Hall–Kier alpha value is -2.02. The molecule has 1 aliphatic carbocycles. The Bertz CT molecular complexity index is 882. The van der Waals surface area contributed by atoms with Crippen LogP contribution in [-0.4, -0.2) is 19.7 Å². The molecule has 6 nitrogen and oxygen atoms in total. The second-order valence-corrected chi connectivity index (χ2v) is 6.08. The third-order valence-corrected chi connectivity index (χ3v) is 4.00. The monoisotopic (exact) mass is 346 g/mol. The van der Waals surface area contributed by atoms with Crippen LogP contribution in [0.15, 0.2) is 38.3 Å². The highest BCUT2D eigenvalue weighted by Gasteiger charge is 2.29. The van der Waals surface area contributed by atoms with Crippen molar-refractivity contribution in [3.8, 4) is 0 Å². The van der Waals surface area contributed by atoms with E-state index in [1.165, 1.54) is 10.9 Å². The van der Waals surface area contributed by atoms with Crippen LogP contribution < -0.4 is 5.56 Å². The number of hydrogen-bond acceptors (Lipinski definition) is 5. The van der Waals surface area contributed by atoms with Crippen LogP contribution in [0.3, 0.4) is 0 Å². The zero-order chi connectivity index (χ0) is 14.4. The first-order valence-electron chi connectivity index (χ1n) is 6.68.